The molecule has 0 radical (unpaired) electrons. The van der Waals surface area contributed by atoms with E-state index in [0.29, 0.717) is 29.9 Å². The summed E-state index contributed by atoms with van der Waals surface area (Å²) < 4.78 is 10.4. The van der Waals surface area contributed by atoms with Crippen molar-refractivity contribution in [2.24, 2.45) is 0 Å². The SMILES string of the molecule is CCOCCOC(=O)c1ccc(NC(c2ccncc2)c2ccc3cccnc3c2O)cc1. The number of ether oxygens (including phenoxy) is 2. The summed E-state index contributed by atoms with van der Waals surface area (Å²) in [5, 5.41) is 15.3. The summed E-state index contributed by atoms with van der Waals surface area (Å²) in [6.45, 7) is 3.06. The second-order valence-corrected chi connectivity index (χ2v) is 7.35. The zero-order valence-electron chi connectivity index (χ0n) is 18.3. The van der Waals surface area contributed by atoms with Crippen molar-refractivity contribution in [2.45, 2.75) is 13.0 Å². The number of nitrogens with one attached hydrogen (secondary N) is 1. The molecule has 4 rings (SSSR count). The highest BCUT2D eigenvalue weighted by Crippen LogP contribution is 2.36. The molecule has 0 aliphatic heterocycles. The van der Waals surface area contributed by atoms with Gasteiger partial charge in [-0.2, -0.15) is 0 Å². The summed E-state index contributed by atoms with van der Waals surface area (Å²) in [7, 11) is 0. The van der Waals surface area contributed by atoms with Gasteiger partial charge in [0.05, 0.1) is 18.2 Å². The molecule has 0 saturated heterocycles. The molecule has 0 amide bonds. The van der Waals surface area contributed by atoms with E-state index in [1.807, 2.05) is 55.5 Å². The Balaban J connectivity index is 1.59. The van der Waals surface area contributed by atoms with Crippen LogP contribution in [0.4, 0.5) is 5.69 Å². The normalized spacial score (nSPS) is 11.8. The molecule has 0 bridgehead atoms. The molecule has 0 fully saturated rings. The molecular weight excluding hydrogens is 418 g/mol. The summed E-state index contributed by atoms with van der Waals surface area (Å²) in [6.07, 6.45) is 5.08. The minimum atomic E-state index is -0.398. The highest BCUT2D eigenvalue weighted by molar-refractivity contribution is 5.90. The fourth-order valence-electron chi connectivity index (χ4n) is 3.56. The average Bonchev–Trinajstić information content (AvgIpc) is 2.87. The Morgan fingerprint density at radius 1 is 1.00 bits per heavy atom. The van der Waals surface area contributed by atoms with E-state index in [9.17, 15) is 9.90 Å². The Kier molecular flexibility index (Phi) is 7.12. The number of hydrogen-bond donors (Lipinski definition) is 2. The highest BCUT2D eigenvalue weighted by Gasteiger charge is 2.20. The monoisotopic (exact) mass is 443 g/mol. The molecule has 0 saturated carbocycles. The number of fused-ring (bicyclic) bond motifs is 1. The maximum absolute atomic E-state index is 12.2. The van der Waals surface area contributed by atoms with E-state index in [1.165, 1.54) is 0 Å². The molecule has 168 valence electrons. The smallest absolute Gasteiger partial charge is 0.338 e. The third-order valence-electron chi connectivity index (χ3n) is 5.23. The van der Waals surface area contributed by atoms with Gasteiger partial charge in [-0.1, -0.05) is 18.2 Å². The van der Waals surface area contributed by atoms with Gasteiger partial charge in [0.2, 0.25) is 0 Å². The van der Waals surface area contributed by atoms with E-state index >= 15 is 0 Å². The zero-order valence-corrected chi connectivity index (χ0v) is 18.3. The number of hydrogen-bond acceptors (Lipinski definition) is 7. The van der Waals surface area contributed by atoms with E-state index in [0.717, 1.165) is 16.6 Å². The molecule has 1 atom stereocenters. The molecular formula is C26H25N3O4. The van der Waals surface area contributed by atoms with Crippen LogP contribution >= 0.6 is 0 Å². The van der Waals surface area contributed by atoms with Crippen LogP contribution in [0.25, 0.3) is 10.9 Å². The molecule has 2 heterocycles. The molecule has 0 spiro atoms. The summed E-state index contributed by atoms with van der Waals surface area (Å²) in [5.41, 5.74) is 3.39. The largest absolute Gasteiger partial charge is 0.505 e. The van der Waals surface area contributed by atoms with Crippen LogP contribution in [0.5, 0.6) is 5.75 Å². The number of esters is 1. The first-order valence-electron chi connectivity index (χ1n) is 10.8. The maximum atomic E-state index is 12.2. The topological polar surface area (TPSA) is 93.6 Å². The number of aromatic nitrogens is 2. The number of nitrogens with zero attached hydrogens (tertiary/aromatic N) is 2. The summed E-state index contributed by atoms with van der Waals surface area (Å²) in [4.78, 5) is 20.7. The van der Waals surface area contributed by atoms with E-state index in [-0.39, 0.29) is 18.4 Å². The van der Waals surface area contributed by atoms with Gasteiger partial charge in [0.1, 0.15) is 17.9 Å². The van der Waals surface area contributed by atoms with Gasteiger partial charge < -0.3 is 19.9 Å². The number of phenols is 1. The van der Waals surface area contributed by atoms with Crippen molar-refractivity contribution in [2.75, 3.05) is 25.1 Å². The highest BCUT2D eigenvalue weighted by atomic mass is 16.6. The van der Waals surface area contributed by atoms with Gasteiger partial charge in [-0.15, -0.1) is 0 Å². The van der Waals surface area contributed by atoms with E-state index in [4.69, 9.17) is 9.47 Å². The van der Waals surface area contributed by atoms with Crippen molar-refractivity contribution in [3.05, 3.63) is 95.9 Å². The van der Waals surface area contributed by atoms with Gasteiger partial charge in [-0.05, 0) is 55.0 Å². The third-order valence-corrected chi connectivity index (χ3v) is 5.23. The van der Waals surface area contributed by atoms with Crippen molar-refractivity contribution < 1.29 is 19.4 Å². The lowest BCUT2D eigenvalue weighted by molar-refractivity contribution is 0.0335. The zero-order chi connectivity index (χ0) is 23.0. The molecule has 33 heavy (non-hydrogen) atoms. The minimum absolute atomic E-state index is 0.122. The van der Waals surface area contributed by atoms with E-state index in [2.05, 4.69) is 15.3 Å². The van der Waals surface area contributed by atoms with Crippen LogP contribution in [0.1, 0.15) is 34.5 Å². The van der Waals surface area contributed by atoms with Crippen LogP contribution in [-0.2, 0) is 9.47 Å². The number of pyridine rings is 2. The quantitative estimate of drug-likeness (QED) is 0.285. The first-order valence-corrected chi connectivity index (χ1v) is 10.8. The van der Waals surface area contributed by atoms with Crippen molar-refractivity contribution in [1.29, 1.82) is 0 Å². The van der Waals surface area contributed by atoms with Crippen LogP contribution in [0.2, 0.25) is 0 Å². The fraction of sp³-hybridized carbons (Fsp3) is 0.192. The lowest BCUT2D eigenvalue weighted by atomic mass is 9.96. The molecule has 0 aliphatic carbocycles. The van der Waals surface area contributed by atoms with E-state index in [1.54, 1.807) is 30.7 Å². The second kappa shape index (κ2) is 10.6. The molecule has 4 aromatic rings. The third kappa shape index (κ3) is 5.27. The molecule has 0 aliphatic rings. The Morgan fingerprint density at radius 3 is 2.55 bits per heavy atom. The number of carbonyl (C=O) groups excluding carboxylic acids is 1. The number of rotatable bonds is 9. The van der Waals surface area contributed by atoms with Crippen LogP contribution in [-0.4, -0.2) is 40.9 Å². The van der Waals surface area contributed by atoms with Gasteiger partial charge in [0.25, 0.3) is 0 Å². The Morgan fingerprint density at radius 2 is 1.79 bits per heavy atom. The number of aromatic hydroxyl groups is 1. The molecule has 2 aromatic heterocycles. The van der Waals surface area contributed by atoms with Crippen LogP contribution in [0, 0.1) is 0 Å². The number of phenolic OH excluding ortho intramolecular Hbond substituents is 1. The average molecular weight is 444 g/mol. The van der Waals surface area contributed by atoms with Gasteiger partial charge in [0.15, 0.2) is 0 Å². The summed E-state index contributed by atoms with van der Waals surface area (Å²) >= 11 is 0. The first kappa shape index (κ1) is 22.2. The van der Waals surface area contributed by atoms with Crippen molar-refractivity contribution in [1.82, 2.24) is 9.97 Å². The van der Waals surface area contributed by atoms with Crippen LogP contribution < -0.4 is 5.32 Å². The Bertz CT molecular complexity index is 1210. The Labute approximate surface area is 192 Å². The molecule has 2 N–H and O–H groups in total. The van der Waals surface area contributed by atoms with Gasteiger partial charge in [-0.25, -0.2) is 4.79 Å². The lowest BCUT2D eigenvalue weighted by Crippen LogP contribution is -2.14. The first-order chi connectivity index (χ1) is 16.2. The number of carbonyl (C=O) groups is 1. The molecule has 7 heteroatoms. The van der Waals surface area contributed by atoms with Crippen molar-refractivity contribution in [3.63, 3.8) is 0 Å². The van der Waals surface area contributed by atoms with Crippen molar-refractivity contribution in [3.8, 4) is 5.75 Å². The van der Waals surface area contributed by atoms with Gasteiger partial charge in [0, 0.05) is 41.8 Å². The summed E-state index contributed by atoms with van der Waals surface area (Å²) in [6, 6.07) is 18.0. The minimum Gasteiger partial charge on any atom is -0.505 e. The lowest BCUT2D eigenvalue weighted by Gasteiger charge is -2.22. The Hall–Kier alpha value is -3.97. The van der Waals surface area contributed by atoms with Crippen LogP contribution in [0.15, 0.2) is 79.3 Å². The number of anilines is 1. The van der Waals surface area contributed by atoms with Gasteiger partial charge >= 0.3 is 5.97 Å². The molecule has 2 aromatic carbocycles. The fourth-order valence-corrected chi connectivity index (χ4v) is 3.56. The second-order valence-electron chi connectivity index (χ2n) is 7.35. The van der Waals surface area contributed by atoms with Gasteiger partial charge in [-0.3, -0.25) is 9.97 Å². The predicted molar refractivity (Wildman–Crippen MR) is 126 cm³/mol. The standard InChI is InChI=1S/C26H25N3O4/c1-2-32-16-17-33-26(31)20-5-8-21(9-6-20)29-23(19-11-14-27-15-12-19)22-10-7-18-4-3-13-28-24(18)25(22)30/h3-15,23,29-30H,2,16-17H2,1H3. The van der Waals surface area contributed by atoms with E-state index < -0.39 is 5.97 Å². The predicted octanol–water partition coefficient (Wildman–Crippen LogP) is 4.73. The molecule has 7 nitrogen and oxygen atoms in total. The molecule has 1 unspecified atom stereocenters. The number of benzene rings is 2. The maximum Gasteiger partial charge on any atom is 0.338 e. The summed E-state index contributed by atoms with van der Waals surface area (Å²) in [5.74, 6) is -0.276. The van der Waals surface area contributed by atoms with Crippen LogP contribution in [0.3, 0.4) is 0 Å². The van der Waals surface area contributed by atoms with Crippen molar-refractivity contribution >= 4 is 22.6 Å².